The minimum absolute atomic E-state index is 0.138. The van der Waals surface area contributed by atoms with E-state index in [1.165, 1.54) is 4.90 Å². The van der Waals surface area contributed by atoms with Gasteiger partial charge in [-0.25, -0.2) is 0 Å². The molecule has 0 aliphatic carbocycles. The number of aromatic amines is 1. The second kappa shape index (κ2) is 5.66. The van der Waals surface area contributed by atoms with Crippen molar-refractivity contribution in [3.05, 3.63) is 56.2 Å². The van der Waals surface area contributed by atoms with Crippen molar-refractivity contribution in [1.29, 1.82) is 0 Å². The zero-order chi connectivity index (χ0) is 14.9. The molecule has 0 saturated heterocycles. The predicted molar refractivity (Wildman–Crippen MR) is 80.7 cm³/mol. The summed E-state index contributed by atoms with van der Waals surface area (Å²) >= 11 is 3.32. The van der Waals surface area contributed by atoms with Gasteiger partial charge in [-0.15, -0.1) is 0 Å². The number of nitrogens with one attached hydrogen (secondary N) is 1. The fourth-order valence-electron chi connectivity index (χ4n) is 1.94. The first-order valence-electron chi connectivity index (χ1n) is 6.15. The minimum Gasteiger partial charge on any atom is -0.353 e. The van der Waals surface area contributed by atoms with Crippen LogP contribution in [0.2, 0.25) is 0 Å². The average molecular weight is 338 g/mol. The van der Waals surface area contributed by atoms with E-state index in [4.69, 9.17) is 0 Å². The molecule has 0 aromatic carbocycles. The van der Waals surface area contributed by atoms with Crippen LogP contribution in [0.3, 0.4) is 0 Å². The maximum Gasteiger partial charge on any atom is 0.261 e. The Morgan fingerprint density at radius 2 is 2.20 bits per heavy atom. The van der Waals surface area contributed by atoms with E-state index in [-0.39, 0.29) is 17.0 Å². The van der Waals surface area contributed by atoms with Gasteiger partial charge >= 0.3 is 0 Å². The molecule has 0 aliphatic rings. The van der Waals surface area contributed by atoms with Crippen LogP contribution in [0.1, 0.15) is 21.7 Å². The van der Waals surface area contributed by atoms with Gasteiger partial charge in [0.1, 0.15) is 5.56 Å². The van der Waals surface area contributed by atoms with Crippen LogP contribution in [0.5, 0.6) is 0 Å². The summed E-state index contributed by atoms with van der Waals surface area (Å²) in [6, 6.07) is 5.43. The molecule has 0 aliphatic heterocycles. The van der Waals surface area contributed by atoms with Gasteiger partial charge in [0.2, 0.25) is 0 Å². The van der Waals surface area contributed by atoms with Crippen molar-refractivity contribution < 1.29 is 4.79 Å². The lowest BCUT2D eigenvalue weighted by molar-refractivity contribution is 0.0780. The number of aromatic nitrogens is 2. The van der Waals surface area contributed by atoms with Crippen LogP contribution in [0.25, 0.3) is 0 Å². The number of nitrogens with zero attached hydrogens (tertiary/aromatic N) is 2. The van der Waals surface area contributed by atoms with Crippen LogP contribution in [0.15, 0.2) is 33.7 Å². The summed E-state index contributed by atoms with van der Waals surface area (Å²) in [6.07, 6.45) is 1.92. The largest absolute Gasteiger partial charge is 0.353 e. The van der Waals surface area contributed by atoms with Crippen LogP contribution in [0.4, 0.5) is 0 Å². The monoisotopic (exact) mass is 337 g/mol. The Balaban J connectivity index is 2.25. The van der Waals surface area contributed by atoms with Crippen molar-refractivity contribution in [2.24, 2.45) is 7.05 Å². The number of amides is 1. The number of H-pyrrole nitrogens is 1. The van der Waals surface area contributed by atoms with Crippen LogP contribution in [-0.2, 0) is 13.6 Å². The molecule has 20 heavy (non-hydrogen) atoms. The zero-order valence-electron chi connectivity index (χ0n) is 11.6. The average Bonchev–Trinajstić information content (AvgIpc) is 2.78. The van der Waals surface area contributed by atoms with Crippen LogP contribution < -0.4 is 5.56 Å². The summed E-state index contributed by atoms with van der Waals surface area (Å²) in [5.41, 5.74) is 1.48. The first-order valence-corrected chi connectivity index (χ1v) is 6.94. The van der Waals surface area contributed by atoms with Crippen molar-refractivity contribution in [2.45, 2.75) is 13.5 Å². The molecular formula is C14H16BrN3O2. The number of rotatable bonds is 3. The first kappa shape index (κ1) is 14.6. The van der Waals surface area contributed by atoms with E-state index in [9.17, 15) is 9.59 Å². The molecule has 1 N–H and O–H groups in total. The number of carbonyl (C=O) groups excluding carboxylic acids is 1. The van der Waals surface area contributed by atoms with E-state index in [1.54, 1.807) is 20.0 Å². The Bertz CT molecular complexity index is 703. The lowest BCUT2D eigenvalue weighted by Gasteiger charge is -2.17. The fourth-order valence-corrected chi connectivity index (χ4v) is 2.27. The third-order valence-corrected chi connectivity index (χ3v) is 4.03. The zero-order valence-corrected chi connectivity index (χ0v) is 13.2. The first-order chi connectivity index (χ1) is 9.40. The molecule has 0 unspecified atom stereocenters. The molecule has 0 radical (unpaired) electrons. The van der Waals surface area contributed by atoms with Crippen molar-refractivity contribution in [3.8, 4) is 0 Å². The van der Waals surface area contributed by atoms with Crippen LogP contribution in [-0.4, -0.2) is 27.4 Å². The number of aryl methyl sites for hydroxylation is 2. The third-order valence-electron chi connectivity index (χ3n) is 3.20. The molecule has 2 rings (SSSR count). The highest BCUT2D eigenvalue weighted by Crippen LogP contribution is 2.14. The maximum atomic E-state index is 12.3. The molecule has 1 amide bonds. The second-order valence-electron chi connectivity index (χ2n) is 4.76. The standard InChI is InChI=1S/C14H16BrN3O2/c1-9-12(15)7-11(13(19)16-9)14(20)18(3)8-10-5-4-6-17(10)2/h4-7H,8H2,1-3H3,(H,16,19). The third kappa shape index (κ3) is 2.85. The lowest BCUT2D eigenvalue weighted by Crippen LogP contribution is -2.32. The SMILES string of the molecule is Cc1[nH]c(=O)c(C(=O)N(C)Cc2cccn2C)cc1Br. The van der Waals surface area contributed by atoms with Gasteiger partial charge in [0.15, 0.2) is 0 Å². The van der Waals surface area contributed by atoms with Gasteiger partial charge in [-0.05, 0) is 41.1 Å². The summed E-state index contributed by atoms with van der Waals surface area (Å²) in [5.74, 6) is -0.298. The molecule has 0 atom stereocenters. The molecule has 0 spiro atoms. The topological polar surface area (TPSA) is 58.1 Å². The molecule has 2 heterocycles. The van der Waals surface area contributed by atoms with Gasteiger partial charge in [-0.1, -0.05) is 0 Å². The number of carbonyl (C=O) groups is 1. The van der Waals surface area contributed by atoms with E-state index in [2.05, 4.69) is 20.9 Å². The maximum absolute atomic E-state index is 12.3. The van der Waals surface area contributed by atoms with Gasteiger partial charge < -0.3 is 14.5 Å². The Labute approximate surface area is 125 Å². The van der Waals surface area contributed by atoms with E-state index >= 15 is 0 Å². The normalized spacial score (nSPS) is 10.6. The summed E-state index contributed by atoms with van der Waals surface area (Å²) in [5, 5.41) is 0. The number of pyridine rings is 1. The highest BCUT2D eigenvalue weighted by Gasteiger charge is 2.17. The molecule has 0 saturated carbocycles. The molecule has 2 aromatic heterocycles. The Morgan fingerprint density at radius 3 is 2.80 bits per heavy atom. The van der Waals surface area contributed by atoms with Crippen LogP contribution >= 0.6 is 15.9 Å². The molecule has 6 heteroatoms. The Kier molecular flexibility index (Phi) is 4.13. The molecule has 0 bridgehead atoms. The van der Waals surface area contributed by atoms with Gasteiger partial charge in [-0.2, -0.15) is 0 Å². The number of halogens is 1. The highest BCUT2D eigenvalue weighted by atomic mass is 79.9. The number of hydrogen-bond donors (Lipinski definition) is 1. The van der Waals surface area contributed by atoms with Crippen molar-refractivity contribution in [2.75, 3.05) is 7.05 Å². The molecule has 106 valence electrons. The van der Waals surface area contributed by atoms with E-state index < -0.39 is 0 Å². The van der Waals surface area contributed by atoms with E-state index in [0.717, 1.165) is 5.69 Å². The molecule has 0 fully saturated rings. The Morgan fingerprint density at radius 1 is 1.50 bits per heavy atom. The predicted octanol–water partition coefficient (Wildman–Crippen LogP) is 2.06. The Hall–Kier alpha value is -1.82. The molecular weight excluding hydrogens is 322 g/mol. The van der Waals surface area contributed by atoms with Gasteiger partial charge in [0, 0.05) is 36.2 Å². The van der Waals surface area contributed by atoms with Gasteiger partial charge in [-0.3, -0.25) is 9.59 Å². The van der Waals surface area contributed by atoms with Gasteiger partial charge in [0.05, 0.1) is 6.54 Å². The second-order valence-corrected chi connectivity index (χ2v) is 5.61. The quantitative estimate of drug-likeness (QED) is 0.931. The summed E-state index contributed by atoms with van der Waals surface area (Å²) < 4.78 is 2.66. The summed E-state index contributed by atoms with van der Waals surface area (Å²) in [6.45, 7) is 2.22. The summed E-state index contributed by atoms with van der Waals surface area (Å²) in [7, 11) is 3.60. The van der Waals surface area contributed by atoms with Gasteiger partial charge in [0.25, 0.3) is 11.5 Å². The molecule has 2 aromatic rings. The van der Waals surface area contributed by atoms with Crippen molar-refractivity contribution in [3.63, 3.8) is 0 Å². The lowest BCUT2D eigenvalue weighted by atomic mass is 10.2. The highest BCUT2D eigenvalue weighted by molar-refractivity contribution is 9.10. The smallest absolute Gasteiger partial charge is 0.261 e. The minimum atomic E-state index is -0.366. The fraction of sp³-hybridized carbons (Fsp3) is 0.286. The molecule has 5 nitrogen and oxygen atoms in total. The van der Waals surface area contributed by atoms with E-state index in [1.807, 2.05) is 29.9 Å². The summed E-state index contributed by atoms with van der Waals surface area (Å²) in [4.78, 5) is 28.4. The van der Waals surface area contributed by atoms with Crippen molar-refractivity contribution >= 4 is 21.8 Å². The van der Waals surface area contributed by atoms with Crippen molar-refractivity contribution in [1.82, 2.24) is 14.5 Å². The van der Waals surface area contributed by atoms with E-state index in [0.29, 0.717) is 16.7 Å². The van der Waals surface area contributed by atoms with Crippen LogP contribution in [0, 0.1) is 6.92 Å². The number of hydrogen-bond acceptors (Lipinski definition) is 2.